The molecule has 2 N–H and O–H groups in total. The van der Waals surface area contributed by atoms with Crippen LogP contribution in [0, 0.1) is 5.82 Å². The van der Waals surface area contributed by atoms with Crippen LogP contribution in [0.15, 0.2) is 41.3 Å². The Balaban J connectivity index is 1.28. The smallest absolute Gasteiger partial charge is 0.319 e. The zero-order valence-electron chi connectivity index (χ0n) is 26.5. The first kappa shape index (κ1) is 25.5. The topological polar surface area (TPSA) is 95.8 Å². The van der Waals surface area contributed by atoms with E-state index >= 15 is 0 Å². The lowest BCUT2D eigenvalue weighted by Crippen LogP contribution is -2.61. The molecule has 9 nitrogen and oxygen atoms in total. The van der Waals surface area contributed by atoms with E-state index in [9.17, 15) is 18.7 Å². The number of aromatic hydroxyl groups is 1. The first-order chi connectivity index (χ1) is 22.1. The van der Waals surface area contributed by atoms with Crippen molar-refractivity contribution in [2.24, 2.45) is 0 Å². The van der Waals surface area contributed by atoms with Crippen LogP contribution in [0.1, 0.15) is 47.3 Å². The zero-order valence-corrected chi connectivity index (χ0v) is 24.5. The number of rotatable bonds is 6. The zero-order chi connectivity index (χ0) is 32.0. The number of phenols is 1. The van der Waals surface area contributed by atoms with Crippen molar-refractivity contribution in [3.63, 3.8) is 0 Å². The number of halogens is 2. The van der Waals surface area contributed by atoms with Crippen molar-refractivity contribution in [1.82, 2.24) is 24.8 Å². The lowest BCUT2D eigenvalue weighted by molar-refractivity contribution is 0.107. The maximum atomic E-state index is 15.0. The van der Waals surface area contributed by atoms with Crippen molar-refractivity contribution in [2.75, 3.05) is 37.6 Å². The molecule has 2 aromatic heterocycles. The molecule has 0 amide bonds. The fourth-order valence-electron chi connectivity index (χ4n) is 7.82. The van der Waals surface area contributed by atoms with Gasteiger partial charge in [-0.2, -0.15) is 9.97 Å². The number of nitrogens with zero attached hydrogens (tertiary/aromatic N) is 5. The largest absolute Gasteiger partial charge is 0.508 e. The van der Waals surface area contributed by atoms with E-state index in [-0.39, 0.29) is 55.4 Å². The predicted molar refractivity (Wildman–Crippen MR) is 164 cm³/mol. The van der Waals surface area contributed by atoms with Crippen LogP contribution in [-0.2, 0) is 6.42 Å². The summed E-state index contributed by atoms with van der Waals surface area (Å²) in [6, 6.07) is 8.16. The monoisotopic (exact) mass is 604 g/mol. The van der Waals surface area contributed by atoms with Crippen LogP contribution in [0.4, 0.5) is 14.6 Å². The SMILES string of the molecule is [2H]C1([2H])CC[C@@]2(COc3nc(N4CC5CCC4CN5)c4ccn(-c5cc(O)cc6ccc(F)c(CC)c56)c(=O)c4n3)C[C@@H](F)CN12. The second-order valence-corrected chi connectivity index (χ2v) is 12.6. The second kappa shape index (κ2) is 10.4. The molecule has 5 aliphatic rings. The first-order valence-corrected chi connectivity index (χ1v) is 15.5. The van der Waals surface area contributed by atoms with Gasteiger partial charge in [-0.1, -0.05) is 13.0 Å². The van der Waals surface area contributed by atoms with Gasteiger partial charge in [0.15, 0.2) is 0 Å². The molecular weight excluding hydrogens is 566 g/mol. The molecule has 0 saturated carbocycles. The Morgan fingerprint density at radius 2 is 2.11 bits per heavy atom. The molecule has 5 fully saturated rings. The van der Waals surface area contributed by atoms with Crippen LogP contribution in [0.2, 0.25) is 0 Å². The maximum Gasteiger partial charge on any atom is 0.319 e. The molecule has 9 rings (SSSR count). The third kappa shape index (κ3) is 4.34. The molecule has 5 saturated heterocycles. The number of aryl methyl sites for hydroxylation is 1. The highest BCUT2D eigenvalue weighted by atomic mass is 19.1. The molecule has 0 aliphatic carbocycles. The molecule has 4 atom stereocenters. The van der Waals surface area contributed by atoms with Gasteiger partial charge in [0, 0.05) is 58.5 Å². The van der Waals surface area contributed by atoms with E-state index in [0.29, 0.717) is 52.6 Å². The molecule has 0 radical (unpaired) electrons. The number of anilines is 1. The second-order valence-electron chi connectivity index (χ2n) is 12.6. The van der Waals surface area contributed by atoms with Crippen LogP contribution >= 0.6 is 0 Å². The minimum Gasteiger partial charge on any atom is -0.508 e. The Morgan fingerprint density at radius 3 is 2.89 bits per heavy atom. The lowest BCUT2D eigenvalue weighted by Gasteiger charge is -2.46. The highest BCUT2D eigenvalue weighted by Gasteiger charge is 2.49. The fourth-order valence-corrected chi connectivity index (χ4v) is 7.82. The number of alkyl halides is 1. The van der Waals surface area contributed by atoms with Gasteiger partial charge in [-0.3, -0.25) is 14.3 Å². The van der Waals surface area contributed by atoms with E-state index in [2.05, 4.69) is 15.2 Å². The summed E-state index contributed by atoms with van der Waals surface area (Å²) in [4.78, 5) is 27.6. The Bertz CT molecular complexity index is 1930. The maximum absolute atomic E-state index is 15.0. The van der Waals surface area contributed by atoms with Gasteiger partial charge in [-0.25, -0.2) is 8.78 Å². The van der Waals surface area contributed by atoms with Crippen LogP contribution in [0.5, 0.6) is 11.8 Å². The Morgan fingerprint density at radius 1 is 1.23 bits per heavy atom. The number of ether oxygens (including phenoxy) is 1. The average Bonchev–Trinajstić information content (AvgIpc) is 3.52. The van der Waals surface area contributed by atoms with Gasteiger partial charge in [-0.05, 0) is 67.7 Å². The number of piperidine rings is 2. The summed E-state index contributed by atoms with van der Waals surface area (Å²) >= 11 is 0. The van der Waals surface area contributed by atoms with Crippen LogP contribution in [0.3, 0.4) is 0 Å². The van der Waals surface area contributed by atoms with Crippen molar-refractivity contribution in [3.05, 3.63) is 58.3 Å². The molecule has 11 heteroatoms. The molecule has 44 heavy (non-hydrogen) atoms. The van der Waals surface area contributed by atoms with E-state index in [4.69, 9.17) is 12.5 Å². The lowest BCUT2D eigenvalue weighted by atomic mass is 9.93. The molecule has 0 spiro atoms. The van der Waals surface area contributed by atoms with Crippen molar-refractivity contribution in [2.45, 2.75) is 69.2 Å². The Hall–Kier alpha value is -3.83. The number of piperazine rings is 1. The van der Waals surface area contributed by atoms with Crippen molar-refractivity contribution in [1.29, 1.82) is 0 Å². The standard InChI is InChI=1S/C33H36F2N6O3/c1-2-24-26(35)7-4-19-12-23(42)13-27(28(19)24)40-11-8-25-29(31(40)43)37-32(38-30(25)41-17-21-5-6-22(41)15-36-21)44-18-33-9-3-10-39(33)16-20(34)14-33/h4,7-8,11-13,20-22,36,42H,2-3,5-6,9-10,14-18H2,1H3/t20-,21?,22?,33+/m1/s1/i10D2. The van der Waals surface area contributed by atoms with E-state index in [0.717, 1.165) is 19.4 Å². The minimum absolute atomic E-state index is 0.00691. The third-order valence-corrected chi connectivity index (χ3v) is 10.00. The summed E-state index contributed by atoms with van der Waals surface area (Å²) in [6.45, 7) is 1.70. The molecule has 2 unspecified atom stereocenters. The quantitative estimate of drug-likeness (QED) is 0.338. The van der Waals surface area contributed by atoms with E-state index in [1.807, 2.05) is 6.92 Å². The van der Waals surface area contributed by atoms with Gasteiger partial charge in [0.25, 0.3) is 5.56 Å². The molecule has 2 aromatic carbocycles. The van der Waals surface area contributed by atoms with Gasteiger partial charge in [0.2, 0.25) is 0 Å². The van der Waals surface area contributed by atoms with Gasteiger partial charge < -0.3 is 20.1 Å². The molecule has 4 aromatic rings. The Labute approximate surface area is 256 Å². The van der Waals surface area contributed by atoms with Crippen LogP contribution < -0.4 is 20.5 Å². The number of pyridine rings is 1. The number of benzene rings is 2. The summed E-state index contributed by atoms with van der Waals surface area (Å²) in [5.74, 6) is 0.125. The van der Waals surface area contributed by atoms with Gasteiger partial charge in [0.1, 0.15) is 35.7 Å². The molecule has 2 bridgehead atoms. The average molecular weight is 605 g/mol. The summed E-state index contributed by atoms with van der Waals surface area (Å²) < 4.78 is 54.1. The normalized spacial score (nSPS) is 28.4. The summed E-state index contributed by atoms with van der Waals surface area (Å²) in [7, 11) is 0. The summed E-state index contributed by atoms with van der Waals surface area (Å²) in [5.41, 5.74) is -0.426. The fraction of sp³-hybridized carbons (Fsp3) is 0.485. The third-order valence-electron chi connectivity index (χ3n) is 10.00. The molecule has 5 aliphatic heterocycles. The number of fused-ring (bicyclic) bond motifs is 6. The van der Waals surface area contributed by atoms with Crippen LogP contribution in [0.25, 0.3) is 27.4 Å². The number of aromatic nitrogens is 3. The highest BCUT2D eigenvalue weighted by Crippen LogP contribution is 2.41. The Kier molecular flexibility index (Phi) is 6.01. The first-order valence-electron chi connectivity index (χ1n) is 16.5. The highest BCUT2D eigenvalue weighted by molar-refractivity contribution is 5.95. The number of hydrogen-bond acceptors (Lipinski definition) is 8. The molecule has 7 heterocycles. The summed E-state index contributed by atoms with van der Waals surface area (Å²) in [5, 5.41) is 15.8. The van der Waals surface area contributed by atoms with E-state index < -0.39 is 29.6 Å². The van der Waals surface area contributed by atoms with Gasteiger partial charge >= 0.3 is 6.01 Å². The van der Waals surface area contributed by atoms with Crippen molar-refractivity contribution < 1.29 is 21.4 Å². The van der Waals surface area contributed by atoms with Gasteiger partial charge in [-0.15, -0.1) is 0 Å². The minimum atomic E-state index is -1.63. The predicted octanol–water partition coefficient (Wildman–Crippen LogP) is 4.24. The van der Waals surface area contributed by atoms with Crippen molar-refractivity contribution >= 4 is 27.5 Å². The van der Waals surface area contributed by atoms with Crippen LogP contribution in [-0.4, -0.2) is 81.1 Å². The number of phenolic OH excluding ortho intramolecular Hbond substituents is 1. The molecule has 230 valence electrons. The van der Waals surface area contributed by atoms with Crippen molar-refractivity contribution in [3.8, 4) is 17.4 Å². The van der Waals surface area contributed by atoms with E-state index in [1.165, 1.54) is 16.7 Å². The molecular formula is C33H36F2N6O3. The summed E-state index contributed by atoms with van der Waals surface area (Å²) in [6.07, 6.45) is 3.74. The van der Waals surface area contributed by atoms with Gasteiger partial charge in [0.05, 0.1) is 16.6 Å². The van der Waals surface area contributed by atoms with E-state index in [1.54, 1.807) is 29.3 Å². The number of hydrogen-bond donors (Lipinski definition) is 2. The number of nitrogens with one attached hydrogen (secondary N) is 1.